The summed E-state index contributed by atoms with van der Waals surface area (Å²) < 4.78 is 11.3. The van der Waals surface area contributed by atoms with Crippen LogP contribution in [0.2, 0.25) is 0 Å². The van der Waals surface area contributed by atoms with E-state index in [9.17, 15) is 4.39 Å². The average molecular weight is 136 g/mol. The molecule has 0 saturated heterocycles. The molecule has 0 saturated carbocycles. The van der Waals surface area contributed by atoms with Crippen LogP contribution in [0, 0.1) is 0 Å². The first kappa shape index (κ1) is 10.8. The maximum Gasteiger partial charge on any atom is 0.503 e. The zero-order valence-corrected chi connectivity index (χ0v) is 5.26. The molecule has 0 aromatic carbocycles. The van der Waals surface area contributed by atoms with Crippen LogP contribution < -0.4 is 0 Å². The normalized spacial score (nSPS) is 9.44. The molecule has 2 N–H and O–H groups in total. The molecule has 0 unspecified atom stereocenters. The van der Waals surface area contributed by atoms with Gasteiger partial charge in [-0.15, -0.1) is 0 Å². The Balaban J connectivity index is 0. The molecule has 0 radical (unpaired) electrons. The molecule has 54 valence electrons. The second-order valence-corrected chi connectivity index (χ2v) is 1.16. The van der Waals surface area contributed by atoms with E-state index in [0.29, 0.717) is 0 Å². The predicted octanol–water partition coefficient (Wildman–Crippen LogP) is 2.10. The van der Waals surface area contributed by atoms with Crippen molar-refractivity contribution in [1.82, 2.24) is 0 Å². The van der Waals surface area contributed by atoms with Crippen LogP contribution in [-0.2, 0) is 0 Å². The van der Waals surface area contributed by atoms with Gasteiger partial charge in [0.2, 0.25) is 0 Å². The quantitative estimate of drug-likeness (QED) is 0.536. The van der Waals surface area contributed by atoms with Crippen LogP contribution in [0.5, 0.6) is 0 Å². The molecule has 0 spiro atoms. The lowest BCUT2D eigenvalue weighted by molar-refractivity contribution is 0.137. The fourth-order valence-corrected chi connectivity index (χ4v) is 0. The first-order chi connectivity index (χ1) is 4.00. The van der Waals surface area contributed by atoms with Crippen molar-refractivity contribution in [2.45, 2.75) is 13.8 Å². The maximum absolute atomic E-state index is 11.3. The molecule has 0 aliphatic carbocycles. The van der Waals surface area contributed by atoms with Crippen molar-refractivity contribution >= 4 is 6.16 Å². The summed E-state index contributed by atoms with van der Waals surface area (Å²) in [6.07, 6.45) is -0.417. The molecule has 0 atom stereocenters. The molecule has 9 heavy (non-hydrogen) atoms. The Kier molecular flexibility index (Phi) is 8.36. The molecule has 3 nitrogen and oxygen atoms in total. The van der Waals surface area contributed by atoms with Crippen molar-refractivity contribution in [2.75, 3.05) is 0 Å². The topological polar surface area (TPSA) is 57.5 Å². The SMILES string of the molecule is CC=C(C)F.O=C(O)O. The Morgan fingerprint density at radius 1 is 1.56 bits per heavy atom. The second-order valence-electron chi connectivity index (χ2n) is 1.16. The summed E-state index contributed by atoms with van der Waals surface area (Å²) >= 11 is 0. The smallest absolute Gasteiger partial charge is 0.450 e. The van der Waals surface area contributed by atoms with Gasteiger partial charge in [-0.2, -0.15) is 0 Å². The van der Waals surface area contributed by atoms with Gasteiger partial charge in [0.05, 0.1) is 5.83 Å². The average Bonchev–Trinajstić information content (AvgIpc) is 1.65. The standard InChI is InChI=1S/C4H7F.CH2O3/c1-3-4(2)5;2-1(3)4/h3H,1-2H3;(H2,2,3,4). The molecule has 0 heterocycles. The molecular weight excluding hydrogens is 127 g/mol. The fraction of sp³-hybridized carbons (Fsp3) is 0.400. The Hall–Kier alpha value is -1.06. The van der Waals surface area contributed by atoms with E-state index in [1.807, 2.05) is 0 Å². The molecule has 0 bridgehead atoms. The highest BCUT2D eigenvalue weighted by atomic mass is 19.1. The molecule has 0 aliphatic heterocycles. The third-order valence-corrected chi connectivity index (χ3v) is 0.398. The number of carboxylic acid groups (broad SMARTS) is 2. The lowest BCUT2D eigenvalue weighted by atomic mass is 10.6. The fourth-order valence-electron chi connectivity index (χ4n) is 0. The zero-order valence-electron chi connectivity index (χ0n) is 5.26. The minimum atomic E-state index is -1.83. The van der Waals surface area contributed by atoms with E-state index in [1.165, 1.54) is 13.0 Å². The number of hydrogen-bond donors (Lipinski definition) is 2. The van der Waals surface area contributed by atoms with Gasteiger partial charge in [0.25, 0.3) is 0 Å². The molecule has 0 aromatic heterocycles. The van der Waals surface area contributed by atoms with Crippen molar-refractivity contribution < 1.29 is 19.4 Å². The lowest BCUT2D eigenvalue weighted by Crippen LogP contribution is -1.81. The van der Waals surface area contributed by atoms with Crippen LogP contribution in [0.1, 0.15) is 13.8 Å². The minimum absolute atomic E-state index is 0.120. The molecule has 0 fully saturated rings. The van der Waals surface area contributed by atoms with E-state index < -0.39 is 6.16 Å². The van der Waals surface area contributed by atoms with Crippen molar-refractivity contribution in [3.63, 3.8) is 0 Å². The van der Waals surface area contributed by atoms with Gasteiger partial charge < -0.3 is 10.2 Å². The highest BCUT2D eigenvalue weighted by Crippen LogP contribution is 1.87. The second kappa shape index (κ2) is 6.94. The van der Waals surface area contributed by atoms with Crippen molar-refractivity contribution in [1.29, 1.82) is 0 Å². The first-order valence-electron chi connectivity index (χ1n) is 2.21. The highest BCUT2D eigenvalue weighted by Gasteiger charge is 1.70. The number of halogens is 1. The van der Waals surface area contributed by atoms with E-state index in [0.717, 1.165) is 0 Å². The van der Waals surface area contributed by atoms with Crippen molar-refractivity contribution in [2.24, 2.45) is 0 Å². The Bertz CT molecular complexity index is 101. The van der Waals surface area contributed by atoms with Gasteiger partial charge in [0.1, 0.15) is 0 Å². The van der Waals surface area contributed by atoms with Gasteiger partial charge in [-0.3, -0.25) is 0 Å². The van der Waals surface area contributed by atoms with Crippen LogP contribution in [0.25, 0.3) is 0 Å². The third kappa shape index (κ3) is 192. The molecular formula is C5H9FO3. The summed E-state index contributed by atoms with van der Waals surface area (Å²) in [5.74, 6) is -0.120. The van der Waals surface area contributed by atoms with Crippen LogP contribution >= 0.6 is 0 Å². The molecule has 0 aliphatic rings. The van der Waals surface area contributed by atoms with E-state index in [2.05, 4.69) is 0 Å². The van der Waals surface area contributed by atoms with E-state index in [4.69, 9.17) is 15.0 Å². The lowest BCUT2D eigenvalue weighted by Gasteiger charge is -1.68. The largest absolute Gasteiger partial charge is 0.503 e. The van der Waals surface area contributed by atoms with Gasteiger partial charge in [0, 0.05) is 0 Å². The monoisotopic (exact) mass is 136 g/mol. The van der Waals surface area contributed by atoms with Crippen LogP contribution in [0.4, 0.5) is 9.18 Å². The summed E-state index contributed by atoms with van der Waals surface area (Å²) in [5.41, 5.74) is 0. The van der Waals surface area contributed by atoms with Gasteiger partial charge >= 0.3 is 6.16 Å². The molecule has 4 heteroatoms. The van der Waals surface area contributed by atoms with E-state index in [-0.39, 0.29) is 5.83 Å². The number of allylic oxidation sites excluding steroid dienone is 2. The van der Waals surface area contributed by atoms with Crippen molar-refractivity contribution in [3.8, 4) is 0 Å². The Morgan fingerprint density at radius 2 is 1.67 bits per heavy atom. The molecule has 0 rings (SSSR count). The maximum atomic E-state index is 11.3. The Morgan fingerprint density at radius 3 is 1.67 bits per heavy atom. The number of carbonyl (C=O) groups is 1. The number of rotatable bonds is 0. The van der Waals surface area contributed by atoms with E-state index >= 15 is 0 Å². The van der Waals surface area contributed by atoms with Gasteiger partial charge in [-0.1, -0.05) is 6.08 Å². The summed E-state index contributed by atoms with van der Waals surface area (Å²) in [6, 6.07) is 0. The van der Waals surface area contributed by atoms with Crippen molar-refractivity contribution in [3.05, 3.63) is 11.9 Å². The first-order valence-corrected chi connectivity index (χ1v) is 2.21. The summed E-state index contributed by atoms with van der Waals surface area (Å²) in [6.45, 7) is 3.08. The zero-order chi connectivity index (χ0) is 7.86. The summed E-state index contributed by atoms with van der Waals surface area (Å²) in [7, 11) is 0. The van der Waals surface area contributed by atoms with Crippen LogP contribution in [0.15, 0.2) is 11.9 Å². The number of hydrogen-bond acceptors (Lipinski definition) is 1. The molecule has 0 amide bonds. The summed E-state index contributed by atoms with van der Waals surface area (Å²) in [4.78, 5) is 8.56. The van der Waals surface area contributed by atoms with Gasteiger partial charge in [0.15, 0.2) is 0 Å². The minimum Gasteiger partial charge on any atom is -0.450 e. The predicted molar refractivity (Wildman–Crippen MR) is 31.2 cm³/mol. The highest BCUT2D eigenvalue weighted by molar-refractivity contribution is 5.53. The van der Waals surface area contributed by atoms with E-state index in [1.54, 1.807) is 6.92 Å². The van der Waals surface area contributed by atoms with Gasteiger partial charge in [-0.25, -0.2) is 9.18 Å². The Labute approximate surface area is 52.4 Å². The summed E-state index contributed by atoms with van der Waals surface area (Å²) in [5, 5.41) is 13.9. The van der Waals surface area contributed by atoms with Crippen LogP contribution in [-0.4, -0.2) is 16.4 Å². The van der Waals surface area contributed by atoms with Crippen LogP contribution in [0.3, 0.4) is 0 Å². The molecule has 0 aromatic rings. The van der Waals surface area contributed by atoms with Gasteiger partial charge in [-0.05, 0) is 13.8 Å². The third-order valence-electron chi connectivity index (χ3n) is 0.398.